The quantitative estimate of drug-likeness (QED) is 0.691. The van der Waals surface area contributed by atoms with Crippen LogP contribution in [0.4, 0.5) is 10.1 Å². The molecular weight excluding hydrogens is 245 g/mol. The van der Waals surface area contributed by atoms with E-state index in [2.05, 4.69) is 12.2 Å². The highest BCUT2D eigenvalue weighted by atomic mass is 19.1. The molecule has 1 atom stereocenters. The van der Waals surface area contributed by atoms with Crippen molar-refractivity contribution >= 4 is 11.7 Å². The number of hydrogen-bond donors (Lipinski definition) is 2. The van der Waals surface area contributed by atoms with Crippen molar-refractivity contribution in [3.8, 4) is 0 Å². The Hall–Kier alpha value is -1.58. The van der Waals surface area contributed by atoms with E-state index in [0.717, 1.165) is 18.9 Å². The van der Waals surface area contributed by atoms with E-state index in [1.54, 1.807) is 0 Å². The fourth-order valence-corrected chi connectivity index (χ4v) is 2.03. The minimum absolute atomic E-state index is 0.0135. The van der Waals surface area contributed by atoms with Gasteiger partial charge in [-0.2, -0.15) is 0 Å². The average molecular weight is 267 g/mol. The third-order valence-corrected chi connectivity index (χ3v) is 3.10. The van der Waals surface area contributed by atoms with Crippen molar-refractivity contribution in [3.63, 3.8) is 0 Å². The second-order valence-corrected chi connectivity index (χ2v) is 4.89. The zero-order chi connectivity index (χ0) is 14.3. The molecule has 0 saturated carbocycles. The number of carbonyl (C=O) groups is 1. The lowest BCUT2D eigenvalue weighted by molar-refractivity contribution is 0.0697. The monoisotopic (exact) mass is 267 g/mol. The summed E-state index contributed by atoms with van der Waals surface area (Å²) in [7, 11) is 0. The first-order valence-corrected chi connectivity index (χ1v) is 6.84. The Morgan fingerprint density at radius 2 is 2.11 bits per heavy atom. The summed E-state index contributed by atoms with van der Waals surface area (Å²) in [4.78, 5) is 11.0. The summed E-state index contributed by atoms with van der Waals surface area (Å²) in [5, 5.41) is 12.2. The standard InChI is InChI=1S/C15H22FNO2/c1-3-4-5-6-7-11(2)17-14-9-8-12(16)10-13(14)15(18)19/h8-11,17H,3-7H2,1-2H3,(H,18,19). The van der Waals surface area contributed by atoms with Crippen LogP contribution in [0.3, 0.4) is 0 Å². The molecule has 0 aliphatic rings. The maximum absolute atomic E-state index is 13.0. The molecule has 0 radical (unpaired) electrons. The van der Waals surface area contributed by atoms with Gasteiger partial charge < -0.3 is 10.4 Å². The van der Waals surface area contributed by atoms with Gasteiger partial charge in [-0.15, -0.1) is 0 Å². The summed E-state index contributed by atoms with van der Waals surface area (Å²) in [5.41, 5.74) is 0.470. The van der Waals surface area contributed by atoms with Gasteiger partial charge in [0.15, 0.2) is 0 Å². The van der Waals surface area contributed by atoms with Crippen molar-refractivity contribution in [3.05, 3.63) is 29.6 Å². The number of hydrogen-bond acceptors (Lipinski definition) is 2. The van der Waals surface area contributed by atoms with E-state index in [-0.39, 0.29) is 11.6 Å². The van der Waals surface area contributed by atoms with Crippen molar-refractivity contribution in [2.24, 2.45) is 0 Å². The highest BCUT2D eigenvalue weighted by Gasteiger charge is 2.12. The summed E-state index contributed by atoms with van der Waals surface area (Å²) in [6.45, 7) is 4.18. The van der Waals surface area contributed by atoms with Gasteiger partial charge in [-0.25, -0.2) is 9.18 Å². The number of carboxylic acid groups (broad SMARTS) is 1. The zero-order valence-corrected chi connectivity index (χ0v) is 11.6. The van der Waals surface area contributed by atoms with Crippen LogP contribution in [-0.2, 0) is 0 Å². The van der Waals surface area contributed by atoms with Crippen molar-refractivity contribution in [1.82, 2.24) is 0 Å². The Morgan fingerprint density at radius 1 is 1.37 bits per heavy atom. The third kappa shape index (κ3) is 5.28. The molecule has 106 valence electrons. The number of anilines is 1. The summed E-state index contributed by atoms with van der Waals surface area (Å²) in [6.07, 6.45) is 5.71. The smallest absolute Gasteiger partial charge is 0.337 e. The second-order valence-electron chi connectivity index (χ2n) is 4.89. The van der Waals surface area contributed by atoms with E-state index in [4.69, 9.17) is 5.11 Å². The van der Waals surface area contributed by atoms with Gasteiger partial charge in [0, 0.05) is 11.7 Å². The van der Waals surface area contributed by atoms with Crippen LogP contribution in [0.1, 0.15) is 56.3 Å². The molecule has 19 heavy (non-hydrogen) atoms. The molecule has 0 spiro atoms. The van der Waals surface area contributed by atoms with Crippen LogP contribution < -0.4 is 5.32 Å². The summed E-state index contributed by atoms with van der Waals surface area (Å²) in [5.74, 6) is -1.64. The summed E-state index contributed by atoms with van der Waals surface area (Å²) in [6, 6.07) is 3.99. The van der Waals surface area contributed by atoms with E-state index < -0.39 is 11.8 Å². The van der Waals surface area contributed by atoms with E-state index in [9.17, 15) is 9.18 Å². The first-order chi connectivity index (χ1) is 9.04. The summed E-state index contributed by atoms with van der Waals surface area (Å²) >= 11 is 0. The Labute approximate surface area is 113 Å². The van der Waals surface area contributed by atoms with E-state index in [0.29, 0.717) is 5.69 Å². The lowest BCUT2D eigenvalue weighted by atomic mass is 10.1. The van der Waals surface area contributed by atoms with Gasteiger partial charge in [-0.1, -0.05) is 32.6 Å². The van der Waals surface area contributed by atoms with Crippen molar-refractivity contribution in [1.29, 1.82) is 0 Å². The van der Waals surface area contributed by atoms with E-state index in [1.165, 1.54) is 31.4 Å². The molecule has 0 amide bonds. The molecule has 1 aromatic rings. The van der Waals surface area contributed by atoms with Crippen LogP contribution in [0.15, 0.2) is 18.2 Å². The molecule has 1 aromatic carbocycles. The first kappa shape index (κ1) is 15.5. The zero-order valence-electron chi connectivity index (χ0n) is 11.6. The van der Waals surface area contributed by atoms with Crippen molar-refractivity contribution < 1.29 is 14.3 Å². The van der Waals surface area contributed by atoms with Gasteiger partial charge in [0.05, 0.1) is 5.56 Å². The second kappa shape index (κ2) is 7.77. The largest absolute Gasteiger partial charge is 0.478 e. The van der Waals surface area contributed by atoms with Gasteiger partial charge in [-0.3, -0.25) is 0 Å². The average Bonchev–Trinajstić information content (AvgIpc) is 2.36. The van der Waals surface area contributed by atoms with E-state index >= 15 is 0 Å². The lowest BCUT2D eigenvalue weighted by Crippen LogP contribution is -2.17. The van der Waals surface area contributed by atoms with Crippen molar-refractivity contribution in [2.45, 2.75) is 52.0 Å². The molecule has 3 nitrogen and oxygen atoms in total. The summed E-state index contributed by atoms with van der Waals surface area (Å²) < 4.78 is 13.0. The normalized spacial score (nSPS) is 12.2. The topological polar surface area (TPSA) is 49.3 Å². The molecule has 0 bridgehead atoms. The van der Waals surface area contributed by atoms with Gasteiger partial charge in [0.1, 0.15) is 5.82 Å². The number of unbranched alkanes of at least 4 members (excludes halogenated alkanes) is 3. The minimum atomic E-state index is -1.11. The molecule has 0 fully saturated rings. The van der Waals surface area contributed by atoms with Crippen LogP contribution >= 0.6 is 0 Å². The van der Waals surface area contributed by atoms with Gasteiger partial charge in [-0.05, 0) is 31.5 Å². The molecule has 0 aliphatic heterocycles. The Bertz CT molecular complexity index is 421. The molecular formula is C15H22FNO2. The molecule has 0 aliphatic carbocycles. The number of carboxylic acids is 1. The molecule has 0 aromatic heterocycles. The van der Waals surface area contributed by atoms with Gasteiger partial charge in [0.25, 0.3) is 0 Å². The molecule has 1 unspecified atom stereocenters. The van der Waals surface area contributed by atoms with Gasteiger partial charge >= 0.3 is 5.97 Å². The Morgan fingerprint density at radius 3 is 2.74 bits per heavy atom. The van der Waals surface area contributed by atoms with Crippen LogP contribution in [0.5, 0.6) is 0 Å². The maximum atomic E-state index is 13.0. The van der Waals surface area contributed by atoms with Crippen LogP contribution in [-0.4, -0.2) is 17.1 Å². The Balaban J connectivity index is 2.58. The number of benzene rings is 1. The highest BCUT2D eigenvalue weighted by molar-refractivity contribution is 5.94. The first-order valence-electron chi connectivity index (χ1n) is 6.84. The van der Waals surface area contributed by atoms with Crippen LogP contribution in [0.2, 0.25) is 0 Å². The third-order valence-electron chi connectivity index (χ3n) is 3.10. The van der Waals surface area contributed by atoms with Crippen LogP contribution in [0.25, 0.3) is 0 Å². The van der Waals surface area contributed by atoms with Crippen LogP contribution in [0, 0.1) is 5.82 Å². The number of nitrogens with one attached hydrogen (secondary N) is 1. The SMILES string of the molecule is CCCCCCC(C)Nc1ccc(F)cc1C(=O)O. The van der Waals surface area contributed by atoms with Crippen molar-refractivity contribution in [2.75, 3.05) is 5.32 Å². The number of halogens is 1. The fourth-order valence-electron chi connectivity index (χ4n) is 2.03. The molecule has 0 saturated heterocycles. The highest BCUT2D eigenvalue weighted by Crippen LogP contribution is 2.19. The minimum Gasteiger partial charge on any atom is -0.478 e. The number of aromatic carboxylic acids is 1. The predicted octanol–water partition coefficient (Wildman–Crippen LogP) is 4.29. The molecule has 2 N–H and O–H groups in total. The van der Waals surface area contributed by atoms with Gasteiger partial charge in [0.2, 0.25) is 0 Å². The molecule has 1 rings (SSSR count). The molecule has 0 heterocycles. The van der Waals surface area contributed by atoms with E-state index in [1.807, 2.05) is 6.92 Å². The lowest BCUT2D eigenvalue weighted by Gasteiger charge is -2.16. The Kier molecular flexibility index (Phi) is 6.33. The number of rotatable bonds is 8. The fraction of sp³-hybridized carbons (Fsp3) is 0.533. The maximum Gasteiger partial charge on any atom is 0.337 e. The predicted molar refractivity (Wildman–Crippen MR) is 75.2 cm³/mol. The molecule has 4 heteroatoms.